The van der Waals surface area contributed by atoms with E-state index in [1.165, 1.54) is 0 Å². The quantitative estimate of drug-likeness (QED) is 0.598. The summed E-state index contributed by atoms with van der Waals surface area (Å²) in [5.41, 5.74) is 1.66. The summed E-state index contributed by atoms with van der Waals surface area (Å²) in [6.07, 6.45) is 11.7. The molecular weight excluding hydrogens is 226 g/mol. The van der Waals surface area contributed by atoms with Crippen LogP contribution in [-0.4, -0.2) is 19.9 Å². The standard InChI is InChI=1S/C14H17N3O/c1-3-7-17-11-15-9-13(17)4-5-14(18)12-6-8-16(2)10-12/h4-6,8-11H,3,7H2,1-2H3/b5-4+. The number of nitrogens with zero attached hydrogens (tertiary/aromatic N) is 3. The van der Waals surface area contributed by atoms with Gasteiger partial charge in [-0.05, 0) is 24.6 Å². The zero-order valence-electron chi connectivity index (χ0n) is 10.7. The van der Waals surface area contributed by atoms with Crippen LogP contribution in [0, 0.1) is 0 Å². The zero-order valence-corrected chi connectivity index (χ0v) is 10.7. The van der Waals surface area contributed by atoms with Gasteiger partial charge in [0.2, 0.25) is 0 Å². The van der Waals surface area contributed by atoms with Crippen molar-refractivity contribution in [1.82, 2.24) is 14.1 Å². The van der Waals surface area contributed by atoms with E-state index in [0.29, 0.717) is 5.56 Å². The number of hydrogen-bond acceptors (Lipinski definition) is 2. The molecular formula is C14H17N3O. The van der Waals surface area contributed by atoms with Gasteiger partial charge in [0.1, 0.15) is 0 Å². The largest absolute Gasteiger partial charge is 0.357 e. The molecule has 2 rings (SSSR count). The second kappa shape index (κ2) is 5.49. The number of carbonyl (C=O) groups excluding carboxylic acids is 1. The third kappa shape index (κ3) is 2.77. The van der Waals surface area contributed by atoms with Crippen molar-refractivity contribution in [2.24, 2.45) is 7.05 Å². The maximum Gasteiger partial charge on any atom is 0.187 e. The molecule has 0 aliphatic carbocycles. The highest BCUT2D eigenvalue weighted by molar-refractivity contribution is 6.06. The van der Waals surface area contributed by atoms with Gasteiger partial charge in [-0.1, -0.05) is 6.92 Å². The van der Waals surface area contributed by atoms with Gasteiger partial charge in [-0.25, -0.2) is 4.98 Å². The summed E-state index contributed by atoms with van der Waals surface area (Å²) in [6, 6.07) is 1.82. The molecule has 0 aliphatic heterocycles. The van der Waals surface area contributed by atoms with Crippen LogP contribution in [0.15, 0.2) is 37.1 Å². The van der Waals surface area contributed by atoms with E-state index >= 15 is 0 Å². The predicted molar refractivity (Wildman–Crippen MR) is 71.3 cm³/mol. The second-order valence-electron chi connectivity index (χ2n) is 4.28. The normalized spacial score (nSPS) is 11.2. The molecule has 0 unspecified atom stereocenters. The lowest BCUT2D eigenvalue weighted by Crippen LogP contribution is -1.98. The van der Waals surface area contributed by atoms with Crippen molar-refractivity contribution < 1.29 is 4.79 Å². The Bertz CT molecular complexity index is 563. The number of aromatic nitrogens is 3. The van der Waals surface area contributed by atoms with Crippen molar-refractivity contribution in [2.45, 2.75) is 19.9 Å². The fraction of sp³-hybridized carbons (Fsp3) is 0.286. The molecule has 0 amide bonds. The molecule has 0 aliphatic rings. The first kappa shape index (κ1) is 12.4. The minimum atomic E-state index is 0.0137. The fourth-order valence-electron chi connectivity index (χ4n) is 1.80. The number of carbonyl (C=O) groups is 1. The Morgan fingerprint density at radius 1 is 1.50 bits per heavy atom. The Morgan fingerprint density at radius 3 is 3.00 bits per heavy atom. The molecule has 0 bridgehead atoms. The van der Waals surface area contributed by atoms with E-state index in [0.717, 1.165) is 18.7 Å². The lowest BCUT2D eigenvalue weighted by atomic mass is 10.2. The maximum atomic E-state index is 11.9. The van der Waals surface area contributed by atoms with E-state index in [9.17, 15) is 4.79 Å². The third-order valence-electron chi connectivity index (χ3n) is 2.73. The Morgan fingerprint density at radius 2 is 2.33 bits per heavy atom. The van der Waals surface area contributed by atoms with Crippen molar-refractivity contribution in [3.63, 3.8) is 0 Å². The van der Waals surface area contributed by atoms with Crippen molar-refractivity contribution in [2.75, 3.05) is 0 Å². The molecule has 94 valence electrons. The van der Waals surface area contributed by atoms with Gasteiger partial charge in [0, 0.05) is 31.5 Å². The summed E-state index contributed by atoms with van der Waals surface area (Å²) in [7, 11) is 1.90. The summed E-state index contributed by atoms with van der Waals surface area (Å²) >= 11 is 0. The Labute approximate surface area is 107 Å². The number of allylic oxidation sites excluding steroid dienone is 1. The van der Waals surface area contributed by atoms with Crippen LogP contribution in [-0.2, 0) is 13.6 Å². The van der Waals surface area contributed by atoms with Gasteiger partial charge >= 0.3 is 0 Å². The van der Waals surface area contributed by atoms with Crippen molar-refractivity contribution in [1.29, 1.82) is 0 Å². The molecule has 0 atom stereocenters. The van der Waals surface area contributed by atoms with Crippen molar-refractivity contribution in [3.05, 3.63) is 48.3 Å². The monoisotopic (exact) mass is 243 g/mol. The van der Waals surface area contributed by atoms with E-state index < -0.39 is 0 Å². The molecule has 0 N–H and O–H groups in total. The molecule has 2 aromatic rings. The highest BCUT2D eigenvalue weighted by Crippen LogP contribution is 2.06. The number of hydrogen-bond donors (Lipinski definition) is 0. The number of ketones is 1. The summed E-state index contributed by atoms with van der Waals surface area (Å²) < 4.78 is 3.90. The van der Waals surface area contributed by atoms with Crippen molar-refractivity contribution in [3.8, 4) is 0 Å². The molecule has 2 aromatic heterocycles. The fourth-order valence-corrected chi connectivity index (χ4v) is 1.80. The van der Waals surface area contributed by atoms with Crippen molar-refractivity contribution >= 4 is 11.9 Å². The number of rotatable bonds is 5. The van der Waals surface area contributed by atoms with Gasteiger partial charge in [-0.15, -0.1) is 0 Å². The van der Waals surface area contributed by atoms with Gasteiger partial charge in [0.15, 0.2) is 5.78 Å². The Balaban J connectivity index is 2.10. The average Bonchev–Trinajstić information content (AvgIpc) is 2.96. The van der Waals surface area contributed by atoms with Gasteiger partial charge in [0.25, 0.3) is 0 Å². The van der Waals surface area contributed by atoms with Crippen LogP contribution >= 0.6 is 0 Å². The molecule has 0 radical (unpaired) electrons. The molecule has 4 nitrogen and oxygen atoms in total. The van der Waals surface area contributed by atoms with Gasteiger partial charge in [0.05, 0.1) is 18.2 Å². The van der Waals surface area contributed by atoms with Crippen LogP contribution in [0.1, 0.15) is 29.4 Å². The molecule has 0 fully saturated rings. The van der Waals surface area contributed by atoms with Gasteiger partial charge in [-0.2, -0.15) is 0 Å². The Hall–Kier alpha value is -2.10. The molecule has 4 heteroatoms. The third-order valence-corrected chi connectivity index (χ3v) is 2.73. The SMILES string of the molecule is CCCn1cncc1/C=C/C(=O)c1ccn(C)c1. The predicted octanol–water partition coefficient (Wildman–Crippen LogP) is 2.53. The average molecular weight is 243 g/mol. The summed E-state index contributed by atoms with van der Waals surface area (Å²) in [6.45, 7) is 3.03. The molecule has 0 saturated heterocycles. The highest BCUT2D eigenvalue weighted by Gasteiger charge is 2.03. The first-order valence-corrected chi connectivity index (χ1v) is 6.05. The first-order chi connectivity index (χ1) is 8.70. The number of imidazole rings is 1. The molecule has 0 aromatic carbocycles. The van der Waals surface area contributed by atoms with E-state index in [4.69, 9.17) is 0 Å². The van der Waals surface area contributed by atoms with Crippen LogP contribution in [0.4, 0.5) is 0 Å². The minimum absolute atomic E-state index is 0.0137. The smallest absolute Gasteiger partial charge is 0.187 e. The lowest BCUT2D eigenvalue weighted by Gasteiger charge is -2.01. The van der Waals surface area contributed by atoms with Gasteiger partial charge in [-0.3, -0.25) is 4.79 Å². The second-order valence-corrected chi connectivity index (χ2v) is 4.28. The molecule has 0 saturated carbocycles. The summed E-state index contributed by atoms with van der Waals surface area (Å²) in [4.78, 5) is 16.0. The molecule has 0 spiro atoms. The van der Waals surface area contributed by atoms with Crippen LogP contribution in [0.5, 0.6) is 0 Å². The van der Waals surface area contributed by atoms with Crippen LogP contribution < -0.4 is 0 Å². The van der Waals surface area contributed by atoms with E-state index in [2.05, 4.69) is 11.9 Å². The number of aryl methyl sites for hydroxylation is 2. The topological polar surface area (TPSA) is 39.8 Å². The summed E-state index contributed by atoms with van der Waals surface area (Å²) in [5, 5.41) is 0. The van der Waals surface area contributed by atoms with Gasteiger partial charge < -0.3 is 9.13 Å². The first-order valence-electron chi connectivity index (χ1n) is 6.05. The summed E-state index contributed by atoms with van der Waals surface area (Å²) in [5.74, 6) is 0.0137. The van der Waals surface area contributed by atoms with Crippen LogP contribution in [0.2, 0.25) is 0 Å². The molecule has 18 heavy (non-hydrogen) atoms. The maximum absolute atomic E-state index is 11.9. The highest BCUT2D eigenvalue weighted by atomic mass is 16.1. The lowest BCUT2D eigenvalue weighted by molar-refractivity contribution is 0.104. The zero-order chi connectivity index (χ0) is 13.0. The van der Waals surface area contributed by atoms with E-state index in [-0.39, 0.29) is 5.78 Å². The minimum Gasteiger partial charge on any atom is -0.357 e. The van der Waals surface area contributed by atoms with Crippen LogP contribution in [0.25, 0.3) is 6.08 Å². The van der Waals surface area contributed by atoms with E-state index in [1.54, 1.807) is 18.6 Å². The Kier molecular flexibility index (Phi) is 3.77. The van der Waals surface area contributed by atoms with Crippen LogP contribution in [0.3, 0.4) is 0 Å². The van der Waals surface area contributed by atoms with E-state index in [1.807, 2.05) is 40.7 Å². The molecule has 2 heterocycles.